The molecule has 4 heteroatoms. The molecule has 0 bridgehead atoms. The first-order chi connectivity index (χ1) is 12.9. The maximum atomic E-state index is 4.76. The second-order valence-electron chi connectivity index (χ2n) is 5.91. The van der Waals surface area contributed by atoms with Crippen LogP contribution in [0.15, 0.2) is 96.4 Å². The molecule has 0 aliphatic rings. The third kappa shape index (κ3) is 3.59. The van der Waals surface area contributed by atoms with Crippen LogP contribution in [-0.4, -0.2) is 21.0 Å². The van der Waals surface area contributed by atoms with Gasteiger partial charge in [-0.1, -0.05) is 48.5 Å². The highest BCUT2D eigenvalue weighted by Crippen LogP contribution is 2.22. The van der Waals surface area contributed by atoms with Gasteiger partial charge < -0.3 is 0 Å². The van der Waals surface area contributed by atoms with Crippen LogP contribution in [0.3, 0.4) is 0 Å². The van der Waals surface area contributed by atoms with E-state index in [1.807, 2.05) is 84.0 Å². The van der Waals surface area contributed by atoms with Crippen molar-refractivity contribution >= 4 is 6.21 Å². The van der Waals surface area contributed by atoms with Crippen molar-refractivity contribution in [1.82, 2.24) is 14.8 Å². The summed E-state index contributed by atoms with van der Waals surface area (Å²) in [7, 11) is 0. The third-order valence-electron chi connectivity index (χ3n) is 4.05. The molecule has 2 heterocycles. The van der Waals surface area contributed by atoms with Gasteiger partial charge in [-0.25, -0.2) is 4.68 Å². The Balaban J connectivity index is 1.69. The van der Waals surface area contributed by atoms with E-state index in [-0.39, 0.29) is 0 Å². The molecule has 0 spiro atoms. The Morgan fingerprint density at radius 2 is 1.65 bits per heavy atom. The molecule has 0 saturated carbocycles. The number of pyridine rings is 1. The lowest BCUT2D eigenvalue weighted by atomic mass is 10.1. The highest BCUT2D eigenvalue weighted by Gasteiger charge is 2.10. The molecule has 0 fully saturated rings. The fourth-order valence-electron chi connectivity index (χ4n) is 2.75. The van der Waals surface area contributed by atoms with Crippen LogP contribution in [0.25, 0.3) is 16.9 Å². The SMILES string of the molecule is C(=NCc1ccccc1)c1cn(-c2ccccc2)nc1-c1cccnc1. The average Bonchev–Trinajstić information content (AvgIpc) is 3.14. The van der Waals surface area contributed by atoms with Gasteiger partial charge in [-0.15, -0.1) is 0 Å². The number of aromatic nitrogens is 3. The summed E-state index contributed by atoms with van der Waals surface area (Å²) in [6, 6.07) is 24.2. The standard InChI is InChI=1S/C22H18N4/c1-3-8-18(9-4-1)14-24-16-20-17-26(21-11-5-2-6-12-21)25-22(20)19-10-7-13-23-15-19/h1-13,15-17H,14H2. The normalized spacial score (nSPS) is 11.1. The Bertz CT molecular complexity index is 990. The van der Waals surface area contributed by atoms with Gasteiger partial charge in [0.2, 0.25) is 0 Å². The van der Waals surface area contributed by atoms with E-state index in [1.165, 1.54) is 5.56 Å². The monoisotopic (exact) mass is 338 g/mol. The summed E-state index contributed by atoms with van der Waals surface area (Å²) in [6.45, 7) is 0.643. The van der Waals surface area contributed by atoms with Crippen molar-refractivity contribution < 1.29 is 0 Å². The number of hydrogen-bond donors (Lipinski definition) is 0. The van der Waals surface area contributed by atoms with Gasteiger partial charge in [0, 0.05) is 35.9 Å². The molecule has 0 N–H and O–H groups in total. The van der Waals surface area contributed by atoms with Crippen LogP contribution in [0.2, 0.25) is 0 Å². The maximum absolute atomic E-state index is 4.76. The number of hydrogen-bond acceptors (Lipinski definition) is 3. The second kappa shape index (κ2) is 7.57. The lowest BCUT2D eigenvalue weighted by molar-refractivity contribution is 0.884. The van der Waals surface area contributed by atoms with E-state index in [9.17, 15) is 0 Å². The van der Waals surface area contributed by atoms with Gasteiger partial charge in [0.15, 0.2) is 0 Å². The van der Waals surface area contributed by atoms with Crippen LogP contribution in [0, 0.1) is 0 Å². The molecule has 0 unspecified atom stereocenters. The van der Waals surface area contributed by atoms with E-state index >= 15 is 0 Å². The molecule has 2 aromatic carbocycles. The number of para-hydroxylation sites is 1. The Morgan fingerprint density at radius 1 is 0.885 bits per heavy atom. The summed E-state index contributed by atoms with van der Waals surface area (Å²) < 4.78 is 1.88. The van der Waals surface area contributed by atoms with E-state index in [4.69, 9.17) is 5.10 Å². The van der Waals surface area contributed by atoms with Crippen LogP contribution < -0.4 is 0 Å². The quantitative estimate of drug-likeness (QED) is 0.501. The van der Waals surface area contributed by atoms with Crippen molar-refractivity contribution in [2.75, 3.05) is 0 Å². The van der Waals surface area contributed by atoms with E-state index in [2.05, 4.69) is 22.1 Å². The summed E-state index contributed by atoms with van der Waals surface area (Å²) in [5.41, 5.74) is 5.02. The van der Waals surface area contributed by atoms with Gasteiger partial charge >= 0.3 is 0 Å². The minimum atomic E-state index is 0.643. The summed E-state index contributed by atoms with van der Waals surface area (Å²) in [4.78, 5) is 8.82. The van der Waals surface area contributed by atoms with Crippen LogP contribution >= 0.6 is 0 Å². The molecule has 0 amide bonds. The van der Waals surface area contributed by atoms with Crippen LogP contribution in [0.1, 0.15) is 11.1 Å². The number of aliphatic imine (C=N–C) groups is 1. The highest BCUT2D eigenvalue weighted by atomic mass is 15.3. The highest BCUT2D eigenvalue weighted by molar-refractivity contribution is 5.88. The van der Waals surface area contributed by atoms with E-state index in [1.54, 1.807) is 6.20 Å². The van der Waals surface area contributed by atoms with Crippen LogP contribution in [0.4, 0.5) is 0 Å². The van der Waals surface area contributed by atoms with Crippen molar-refractivity contribution in [3.63, 3.8) is 0 Å². The smallest absolute Gasteiger partial charge is 0.103 e. The van der Waals surface area contributed by atoms with Gasteiger partial charge in [0.1, 0.15) is 5.69 Å². The zero-order valence-corrected chi connectivity index (χ0v) is 14.2. The number of benzene rings is 2. The molecule has 0 aliphatic heterocycles. The first kappa shape index (κ1) is 16.0. The molecular weight excluding hydrogens is 320 g/mol. The summed E-state index contributed by atoms with van der Waals surface area (Å²) in [5, 5.41) is 4.76. The predicted molar refractivity (Wildman–Crippen MR) is 105 cm³/mol. The van der Waals surface area contributed by atoms with Crippen molar-refractivity contribution in [3.8, 4) is 16.9 Å². The maximum Gasteiger partial charge on any atom is 0.103 e. The van der Waals surface area contributed by atoms with Gasteiger partial charge in [-0.3, -0.25) is 9.98 Å². The van der Waals surface area contributed by atoms with Gasteiger partial charge in [-0.2, -0.15) is 5.10 Å². The summed E-state index contributed by atoms with van der Waals surface area (Å²) >= 11 is 0. The van der Waals surface area contributed by atoms with Crippen molar-refractivity contribution in [3.05, 3.63) is 103 Å². The van der Waals surface area contributed by atoms with E-state index in [0.717, 1.165) is 22.5 Å². The van der Waals surface area contributed by atoms with Gasteiger partial charge in [0.05, 0.1) is 12.2 Å². The van der Waals surface area contributed by atoms with Gasteiger partial charge in [-0.05, 0) is 29.8 Å². The van der Waals surface area contributed by atoms with Crippen molar-refractivity contribution in [2.24, 2.45) is 4.99 Å². The first-order valence-corrected chi connectivity index (χ1v) is 8.49. The predicted octanol–water partition coefficient (Wildman–Crippen LogP) is 4.55. The molecule has 0 atom stereocenters. The molecule has 0 radical (unpaired) electrons. The lowest BCUT2D eigenvalue weighted by Gasteiger charge is -1.99. The Labute approximate surface area is 152 Å². The van der Waals surface area contributed by atoms with Gasteiger partial charge in [0.25, 0.3) is 0 Å². The third-order valence-corrected chi connectivity index (χ3v) is 4.05. The summed E-state index contributed by atoms with van der Waals surface area (Å²) in [6.07, 6.45) is 7.49. The second-order valence-corrected chi connectivity index (χ2v) is 5.91. The van der Waals surface area contributed by atoms with Crippen molar-refractivity contribution in [2.45, 2.75) is 6.54 Å². The topological polar surface area (TPSA) is 43.1 Å². The molecule has 0 aliphatic carbocycles. The molecule has 4 rings (SSSR count). The zero-order valence-electron chi connectivity index (χ0n) is 14.2. The van der Waals surface area contributed by atoms with Crippen LogP contribution in [0.5, 0.6) is 0 Å². The fraction of sp³-hybridized carbons (Fsp3) is 0.0455. The van der Waals surface area contributed by atoms with Crippen molar-refractivity contribution in [1.29, 1.82) is 0 Å². The minimum Gasteiger partial charge on any atom is -0.288 e. The lowest BCUT2D eigenvalue weighted by Crippen LogP contribution is -1.94. The Morgan fingerprint density at radius 3 is 2.38 bits per heavy atom. The minimum absolute atomic E-state index is 0.643. The molecule has 26 heavy (non-hydrogen) atoms. The summed E-state index contributed by atoms with van der Waals surface area (Å²) in [5.74, 6) is 0. The zero-order chi connectivity index (χ0) is 17.6. The molecule has 126 valence electrons. The first-order valence-electron chi connectivity index (χ1n) is 8.49. The molecule has 4 aromatic rings. The Hall–Kier alpha value is -3.53. The number of nitrogens with zero attached hydrogens (tertiary/aromatic N) is 4. The van der Waals surface area contributed by atoms with E-state index in [0.29, 0.717) is 6.54 Å². The average molecular weight is 338 g/mol. The molecular formula is C22H18N4. The van der Waals surface area contributed by atoms with E-state index < -0.39 is 0 Å². The Kier molecular flexibility index (Phi) is 4.65. The molecule has 0 saturated heterocycles. The molecule has 2 aromatic heterocycles. The fourth-order valence-corrected chi connectivity index (χ4v) is 2.75. The largest absolute Gasteiger partial charge is 0.288 e. The molecule has 4 nitrogen and oxygen atoms in total. The van der Waals surface area contributed by atoms with Crippen LogP contribution in [-0.2, 0) is 6.54 Å². The number of rotatable bonds is 5.